The summed E-state index contributed by atoms with van der Waals surface area (Å²) in [6, 6.07) is 64.3. The number of allylic oxidation sites excluding steroid dienone is 2. The highest BCUT2D eigenvalue weighted by Crippen LogP contribution is 2.42. The van der Waals surface area contributed by atoms with Crippen molar-refractivity contribution in [3.8, 4) is 55.6 Å². The van der Waals surface area contributed by atoms with Crippen molar-refractivity contribution in [3.05, 3.63) is 215 Å². The molecule has 0 saturated carbocycles. The molecule has 0 saturated heterocycles. The third-order valence-corrected chi connectivity index (χ3v) is 13.9. The van der Waals surface area contributed by atoms with E-state index in [1.165, 1.54) is 121 Å². The molecule has 0 aliphatic heterocycles. The summed E-state index contributed by atoms with van der Waals surface area (Å²) in [4.78, 5) is 0. The lowest BCUT2D eigenvalue weighted by molar-refractivity contribution is 0.911. The fourth-order valence-corrected chi connectivity index (χ4v) is 10.8. The molecule has 0 aromatic heterocycles. The van der Waals surface area contributed by atoms with Crippen molar-refractivity contribution >= 4 is 55.2 Å². The van der Waals surface area contributed by atoms with E-state index in [2.05, 4.69) is 208 Å². The van der Waals surface area contributed by atoms with Crippen molar-refractivity contribution in [3.63, 3.8) is 0 Å². The van der Waals surface area contributed by atoms with Gasteiger partial charge in [0, 0.05) is 0 Å². The maximum Gasteiger partial charge on any atom is -0.00928 e. The van der Waals surface area contributed by atoms with Gasteiger partial charge in [-0.2, -0.15) is 0 Å². The first-order valence-corrected chi connectivity index (χ1v) is 22.8. The predicted octanol–water partition coefficient (Wildman–Crippen LogP) is 17.4. The second kappa shape index (κ2) is 15.3. The first-order chi connectivity index (χ1) is 31.1. The maximum absolute atomic E-state index is 2.46. The second-order valence-corrected chi connectivity index (χ2v) is 17.8. The standard InChI is InChI=1S/C63H48/c1-3-41-32-50(44-16-12-14-42(34-44)46-26-28-60-56-22-6-4-18-52(56)54-20-8-10-24-58(54)62(60)38-46)37-51(33-41)45-17-13-15-43(35-45)48-30-40(2)31-49(36-48)47-27-29-61-57-23-7-5-19-53(57)55-21-9-11-25-59(55)63(61)39-47/h4,6-8,10-18,20,22-39H,3,5,9,19,21H2,1-2H3. The van der Waals surface area contributed by atoms with Gasteiger partial charge in [0.25, 0.3) is 0 Å². The van der Waals surface area contributed by atoms with Gasteiger partial charge >= 0.3 is 0 Å². The van der Waals surface area contributed by atoms with E-state index in [0.717, 1.165) is 32.1 Å². The van der Waals surface area contributed by atoms with Gasteiger partial charge in [-0.25, -0.2) is 0 Å². The first kappa shape index (κ1) is 37.5. The molecule has 0 unspecified atom stereocenters. The molecule has 0 amide bonds. The smallest absolute Gasteiger partial charge is 0.00928 e. The summed E-state index contributed by atoms with van der Waals surface area (Å²) < 4.78 is 0. The number of hydrogen-bond acceptors (Lipinski definition) is 0. The quantitative estimate of drug-likeness (QED) is 0.147. The van der Waals surface area contributed by atoms with Crippen LogP contribution in [0.25, 0.3) is 111 Å². The van der Waals surface area contributed by atoms with Gasteiger partial charge in [-0.15, -0.1) is 0 Å². The molecule has 0 fully saturated rings. The molecule has 0 nitrogen and oxygen atoms in total. The van der Waals surface area contributed by atoms with E-state index < -0.39 is 0 Å². The van der Waals surface area contributed by atoms with Crippen LogP contribution in [0.4, 0.5) is 0 Å². The van der Waals surface area contributed by atoms with Crippen molar-refractivity contribution in [1.82, 2.24) is 0 Å². The average Bonchev–Trinajstić information content (AvgIpc) is 3.36. The highest BCUT2D eigenvalue weighted by molar-refractivity contribution is 6.25. The molecule has 300 valence electrons. The molecule has 0 atom stereocenters. The van der Waals surface area contributed by atoms with Crippen molar-refractivity contribution in [2.24, 2.45) is 0 Å². The molecule has 10 aromatic carbocycles. The summed E-state index contributed by atoms with van der Waals surface area (Å²) in [5.74, 6) is 0. The monoisotopic (exact) mass is 804 g/mol. The third-order valence-electron chi connectivity index (χ3n) is 13.9. The largest absolute Gasteiger partial charge is 0.0836 e. The summed E-state index contributed by atoms with van der Waals surface area (Å²) in [7, 11) is 0. The Hall–Kier alpha value is -7.28. The van der Waals surface area contributed by atoms with Gasteiger partial charge in [0.15, 0.2) is 0 Å². The fourth-order valence-electron chi connectivity index (χ4n) is 10.8. The molecule has 12 rings (SSSR count). The minimum absolute atomic E-state index is 0.969. The zero-order chi connectivity index (χ0) is 42.0. The summed E-state index contributed by atoms with van der Waals surface area (Å²) in [6.07, 6.45) is 15.0. The molecular formula is C63H48. The molecular weight excluding hydrogens is 757 g/mol. The first-order valence-electron chi connectivity index (χ1n) is 22.8. The Labute approximate surface area is 370 Å². The van der Waals surface area contributed by atoms with Crippen LogP contribution in [0.15, 0.2) is 182 Å². The Morgan fingerprint density at radius 2 is 0.730 bits per heavy atom. The number of aryl methyl sites for hydroxylation is 2. The molecule has 0 radical (unpaired) electrons. The van der Waals surface area contributed by atoms with Gasteiger partial charge < -0.3 is 0 Å². The number of hydrogen-bond donors (Lipinski definition) is 0. The third kappa shape index (κ3) is 6.52. The molecule has 2 aliphatic carbocycles. The van der Waals surface area contributed by atoms with Crippen molar-refractivity contribution < 1.29 is 0 Å². The predicted molar refractivity (Wildman–Crippen MR) is 272 cm³/mol. The van der Waals surface area contributed by atoms with Crippen LogP contribution in [-0.2, 0) is 19.3 Å². The van der Waals surface area contributed by atoms with E-state index in [4.69, 9.17) is 0 Å². The number of benzene rings is 10. The lowest BCUT2D eigenvalue weighted by atomic mass is 9.80. The zero-order valence-corrected chi connectivity index (χ0v) is 36.0. The van der Waals surface area contributed by atoms with E-state index in [1.54, 1.807) is 11.1 Å². The van der Waals surface area contributed by atoms with Crippen LogP contribution in [0.2, 0.25) is 0 Å². The van der Waals surface area contributed by atoms with E-state index in [9.17, 15) is 0 Å². The van der Waals surface area contributed by atoms with E-state index in [-0.39, 0.29) is 0 Å². The van der Waals surface area contributed by atoms with Crippen molar-refractivity contribution in [2.75, 3.05) is 0 Å². The fraction of sp³-hybridized carbons (Fsp3) is 0.111. The Kier molecular flexibility index (Phi) is 9.08. The summed E-state index contributed by atoms with van der Waals surface area (Å²) in [5.41, 5.74) is 21.1. The van der Waals surface area contributed by atoms with Gasteiger partial charge in [-0.05, 0) is 208 Å². The van der Waals surface area contributed by atoms with Gasteiger partial charge in [0.05, 0.1) is 0 Å². The minimum Gasteiger partial charge on any atom is -0.0836 e. The van der Waals surface area contributed by atoms with E-state index >= 15 is 0 Å². The van der Waals surface area contributed by atoms with Crippen LogP contribution in [0, 0.1) is 6.92 Å². The van der Waals surface area contributed by atoms with Crippen molar-refractivity contribution in [1.29, 1.82) is 0 Å². The molecule has 0 spiro atoms. The molecule has 2 aliphatic rings. The molecule has 0 bridgehead atoms. The van der Waals surface area contributed by atoms with Crippen LogP contribution in [0.3, 0.4) is 0 Å². The summed E-state index contributed by atoms with van der Waals surface area (Å²) >= 11 is 0. The molecule has 0 heterocycles. The van der Waals surface area contributed by atoms with Crippen LogP contribution in [-0.4, -0.2) is 0 Å². The highest BCUT2D eigenvalue weighted by atomic mass is 14.2. The maximum atomic E-state index is 2.46. The minimum atomic E-state index is 0.969. The Morgan fingerprint density at radius 3 is 1.27 bits per heavy atom. The van der Waals surface area contributed by atoms with E-state index in [0.29, 0.717) is 0 Å². The van der Waals surface area contributed by atoms with Crippen LogP contribution >= 0.6 is 0 Å². The number of rotatable bonds is 6. The summed E-state index contributed by atoms with van der Waals surface area (Å²) in [6.45, 7) is 4.49. The Bertz CT molecular complexity index is 3520. The second-order valence-electron chi connectivity index (χ2n) is 17.8. The van der Waals surface area contributed by atoms with Crippen LogP contribution < -0.4 is 0 Å². The van der Waals surface area contributed by atoms with Gasteiger partial charge in [-0.1, -0.05) is 165 Å². The molecule has 63 heavy (non-hydrogen) atoms. The SMILES string of the molecule is CCc1cc(-c2cccc(-c3cc(C)cc(-c4ccc5c6c(c7c(c5c4)C=CCC7)CCC=C6)c3)c2)cc(-c2cccc(-c3ccc4c5ccccc5c5ccccc5c4c3)c2)c1. The van der Waals surface area contributed by atoms with Gasteiger partial charge in [-0.3, -0.25) is 0 Å². The normalized spacial score (nSPS) is 13.2. The van der Waals surface area contributed by atoms with Crippen LogP contribution in [0.1, 0.15) is 53.1 Å². The molecule has 0 heteroatoms. The Balaban J connectivity index is 0.904. The van der Waals surface area contributed by atoms with E-state index in [1.807, 2.05) is 0 Å². The van der Waals surface area contributed by atoms with Crippen LogP contribution in [0.5, 0.6) is 0 Å². The highest BCUT2D eigenvalue weighted by Gasteiger charge is 2.20. The molecule has 0 N–H and O–H groups in total. The lowest BCUT2D eigenvalue weighted by Crippen LogP contribution is -2.07. The average molecular weight is 805 g/mol. The van der Waals surface area contributed by atoms with Crippen molar-refractivity contribution in [2.45, 2.75) is 46.0 Å². The lowest BCUT2D eigenvalue weighted by Gasteiger charge is -2.24. The molecule has 10 aromatic rings. The number of fused-ring (bicyclic) bond motifs is 12. The Morgan fingerprint density at radius 1 is 0.333 bits per heavy atom. The van der Waals surface area contributed by atoms with Gasteiger partial charge in [0.2, 0.25) is 0 Å². The topological polar surface area (TPSA) is 0 Å². The zero-order valence-electron chi connectivity index (χ0n) is 36.0. The van der Waals surface area contributed by atoms with Gasteiger partial charge in [0.1, 0.15) is 0 Å². The summed E-state index contributed by atoms with van der Waals surface area (Å²) in [5, 5.41) is 10.6.